The third kappa shape index (κ3) is 2.90. The van der Waals surface area contributed by atoms with Gasteiger partial charge in [0.2, 0.25) is 5.72 Å². The number of benzene rings is 1. The molecule has 1 aliphatic heterocycles. The van der Waals surface area contributed by atoms with Crippen LogP contribution in [0.5, 0.6) is 0 Å². The van der Waals surface area contributed by atoms with E-state index < -0.39 is 0 Å². The van der Waals surface area contributed by atoms with Gasteiger partial charge in [0.25, 0.3) is 0 Å². The summed E-state index contributed by atoms with van der Waals surface area (Å²) in [4.78, 5) is 12.7. The van der Waals surface area contributed by atoms with E-state index in [4.69, 9.17) is 4.74 Å². The van der Waals surface area contributed by atoms with E-state index >= 15 is 0 Å². The fraction of sp³-hybridized carbons (Fsp3) is 0.571. The van der Waals surface area contributed by atoms with Gasteiger partial charge in [-0.3, -0.25) is 4.79 Å². The molecule has 0 unspecified atom stereocenters. The molecule has 0 aromatic heterocycles. The second-order valence-corrected chi connectivity index (χ2v) is 8.63. The Kier molecular flexibility index (Phi) is 3.80. The molecule has 3 aliphatic rings. The van der Waals surface area contributed by atoms with Gasteiger partial charge in [0.1, 0.15) is 12.3 Å². The first-order valence-electron chi connectivity index (χ1n) is 9.30. The zero-order valence-corrected chi connectivity index (χ0v) is 14.8. The molecule has 0 spiro atoms. The average molecular weight is 326 g/mol. The molecule has 1 fully saturated rings. The third-order valence-corrected chi connectivity index (χ3v) is 5.91. The number of carbonyl (C=O) groups is 1. The van der Waals surface area contributed by atoms with Gasteiger partial charge in [-0.05, 0) is 18.3 Å². The van der Waals surface area contributed by atoms with Crippen LogP contribution >= 0.6 is 0 Å². The molecule has 0 radical (unpaired) electrons. The molecule has 24 heavy (non-hydrogen) atoms. The van der Waals surface area contributed by atoms with Crippen molar-refractivity contribution in [2.75, 3.05) is 0 Å². The Bertz CT molecular complexity index is 676. The Labute approximate surface area is 144 Å². The molecule has 0 saturated heterocycles. The zero-order chi connectivity index (χ0) is 16.8. The van der Waals surface area contributed by atoms with Crippen LogP contribution in [0.1, 0.15) is 57.9 Å². The summed E-state index contributed by atoms with van der Waals surface area (Å²) in [5, 5.41) is 2.38. The van der Waals surface area contributed by atoms with Crippen LogP contribution in [0, 0.1) is 11.3 Å². The summed E-state index contributed by atoms with van der Waals surface area (Å²) in [5.41, 5.74) is 2.24. The Morgan fingerprint density at radius 1 is 1.21 bits per heavy atom. The molecule has 2 atom stereocenters. The van der Waals surface area contributed by atoms with Gasteiger partial charge in [0, 0.05) is 42.7 Å². The lowest BCUT2D eigenvalue weighted by atomic mass is 9.68. The molecule has 2 N–H and O–H groups in total. The number of rotatable bonds is 3. The van der Waals surface area contributed by atoms with Gasteiger partial charge in [-0.25, -0.2) is 0 Å². The van der Waals surface area contributed by atoms with E-state index in [1.54, 1.807) is 0 Å². The van der Waals surface area contributed by atoms with Gasteiger partial charge in [0.05, 0.1) is 0 Å². The molecule has 128 valence electrons. The highest BCUT2D eigenvalue weighted by atomic mass is 16.5. The summed E-state index contributed by atoms with van der Waals surface area (Å²) in [6.07, 6.45) is 5.96. The lowest BCUT2D eigenvalue weighted by Crippen LogP contribution is -2.97. The van der Waals surface area contributed by atoms with E-state index in [-0.39, 0.29) is 11.1 Å². The maximum atomic E-state index is 12.7. The normalized spacial score (nSPS) is 31.4. The summed E-state index contributed by atoms with van der Waals surface area (Å²) in [5.74, 6) is 1.76. The van der Waals surface area contributed by atoms with Crippen molar-refractivity contribution in [3.63, 3.8) is 0 Å². The maximum Gasteiger partial charge on any atom is 0.240 e. The zero-order valence-electron chi connectivity index (χ0n) is 14.8. The van der Waals surface area contributed by atoms with Crippen molar-refractivity contribution in [1.29, 1.82) is 0 Å². The molecule has 1 heterocycles. The Balaban J connectivity index is 1.58. The maximum absolute atomic E-state index is 12.7. The van der Waals surface area contributed by atoms with Crippen molar-refractivity contribution >= 4 is 5.78 Å². The molecule has 2 bridgehead atoms. The second kappa shape index (κ2) is 5.73. The summed E-state index contributed by atoms with van der Waals surface area (Å²) in [6.45, 7) is 5.30. The average Bonchev–Trinajstić information content (AvgIpc) is 2.52. The van der Waals surface area contributed by atoms with E-state index in [9.17, 15) is 4.79 Å². The van der Waals surface area contributed by atoms with Crippen LogP contribution in [0.15, 0.2) is 41.7 Å². The van der Waals surface area contributed by atoms with Crippen molar-refractivity contribution in [1.82, 2.24) is 0 Å². The van der Waals surface area contributed by atoms with Crippen LogP contribution in [0.4, 0.5) is 0 Å². The molecular weight excluding hydrogens is 298 g/mol. The quantitative estimate of drug-likeness (QED) is 0.926. The minimum atomic E-state index is -0.161. The van der Waals surface area contributed by atoms with E-state index in [1.807, 2.05) is 0 Å². The number of carbonyl (C=O) groups excluding carboxylic acids is 1. The number of quaternary nitrogens is 1. The van der Waals surface area contributed by atoms with E-state index in [0.717, 1.165) is 50.0 Å². The van der Waals surface area contributed by atoms with Crippen molar-refractivity contribution < 1.29 is 14.8 Å². The first-order chi connectivity index (χ1) is 11.5. The smallest absolute Gasteiger partial charge is 0.240 e. The van der Waals surface area contributed by atoms with Crippen LogP contribution < -0.4 is 5.32 Å². The van der Waals surface area contributed by atoms with Crippen molar-refractivity contribution in [3.8, 4) is 0 Å². The van der Waals surface area contributed by atoms with E-state index in [0.29, 0.717) is 18.1 Å². The lowest BCUT2D eigenvalue weighted by molar-refractivity contribution is -0.785. The first-order valence-corrected chi connectivity index (χ1v) is 9.30. The highest BCUT2D eigenvalue weighted by Gasteiger charge is 2.51. The summed E-state index contributed by atoms with van der Waals surface area (Å²) < 4.78 is 6.58. The van der Waals surface area contributed by atoms with Gasteiger partial charge >= 0.3 is 0 Å². The molecule has 0 amide bonds. The highest BCUT2D eigenvalue weighted by Crippen LogP contribution is 2.49. The predicted octanol–water partition coefficient (Wildman–Crippen LogP) is 3.31. The van der Waals surface area contributed by atoms with E-state index in [2.05, 4.69) is 49.5 Å². The molecule has 3 nitrogen and oxygen atoms in total. The lowest BCUT2D eigenvalue weighted by Gasteiger charge is -2.47. The fourth-order valence-electron chi connectivity index (χ4n) is 4.82. The van der Waals surface area contributed by atoms with Gasteiger partial charge in [-0.1, -0.05) is 44.2 Å². The topological polar surface area (TPSA) is 42.9 Å². The Hall–Kier alpha value is -1.61. The van der Waals surface area contributed by atoms with Crippen molar-refractivity contribution in [2.24, 2.45) is 11.3 Å². The van der Waals surface area contributed by atoms with Crippen LogP contribution in [-0.2, 0) is 16.1 Å². The first kappa shape index (κ1) is 15.9. The Morgan fingerprint density at radius 2 is 2.00 bits per heavy atom. The number of fused-ring (bicyclic) bond motifs is 3. The molecule has 2 aliphatic carbocycles. The summed E-state index contributed by atoms with van der Waals surface area (Å²) in [6, 6.07) is 10.6. The van der Waals surface area contributed by atoms with Crippen LogP contribution in [0.2, 0.25) is 0 Å². The molecule has 3 heteroatoms. The highest BCUT2D eigenvalue weighted by molar-refractivity contribution is 5.97. The number of hydrogen-bond donors (Lipinski definition) is 1. The van der Waals surface area contributed by atoms with Crippen LogP contribution in [-0.4, -0.2) is 11.5 Å². The second-order valence-electron chi connectivity index (χ2n) is 8.63. The Morgan fingerprint density at radius 3 is 2.79 bits per heavy atom. The van der Waals surface area contributed by atoms with Crippen LogP contribution in [0.25, 0.3) is 0 Å². The number of Topliss-reactive ketones (excluding diaryl/α,β-unsaturated/α-hetero) is 1. The van der Waals surface area contributed by atoms with E-state index in [1.165, 1.54) is 5.56 Å². The molecule has 1 aromatic rings. The standard InChI is InChI=1S/C21H27NO2/c1-20(2)12-17(23)19-16-9-6-10-21(11-16,24-18(19)13-20)22-14-15-7-4-3-5-8-15/h3-5,7-8,16,22H,6,9-14H2,1-2H3/p+1/t16-,21+/m0/s1. The van der Waals surface area contributed by atoms with Gasteiger partial charge in [0.15, 0.2) is 5.78 Å². The SMILES string of the molecule is CC1(C)CC(=O)C2=C(C1)O[C@]1([NH2+]Cc3ccccc3)CCC[C@H]2C1. The minimum Gasteiger partial charge on any atom is -0.444 e. The number of nitrogens with two attached hydrogens (primary N) is 1. The fourth-order valence-corrected chi connectivity index (χ4v) is 4.82. The monoisotopic (exact) mass is 326 g/mol. The molecular formula is C21H28NO2+. The molecule has 1 aromatic carbocycles. The van der Waals surface area contributed by atoms with Gasteiger partial charge in [-0.15, -0.1) is 0 Å². The number of ether oxygens (including phenoxy) is 1. The number of ketones is 1. The van der Waals surface area contributed by atoms with Gasteiger partial charge < -0.3 is 10.1 Å². The summed E-state index contributed by atoms with van der Waals surface area (Å²) >= 11 is 0. The van der Waals surface area contributed by atoms with Crippen molar-refractivity contribution in [2.45, 2.75) is 64.6 Å². The van der Waals surface area contributed by atoms with Crippen molar-refractivity contribution in [3.05, 3.63) is 47.2 Å². The summed E-state index contributed by atoms with van der Waals surface area (Å²) in [7, 11) is 0. The number of allylic oxidation sites excluding steroid dienone is 2. The number of hydrogen-bond acceptors (Lipinski definition) is 2. The largest absolute Gasteiger partial charge is 0.444 e. The third-order valence-electron chi connectivity index (χ3n) is 5.91. The van der Waals surface area contributed by atoms with Crippen LogP contribution in [0.3, 0.4) is 0 Å². The predicted molar refractivity (Wildman–Crippen MR) is 92.9 cm³/mol. The molecule has 4 rings (SSSR count). The molecule has 1 saturated carbocycles. The van der Waals surface area contributed by atoms with Gasteiger partial charge in [-0.2, -0.15) is 0 Å². The minimum absolute atomic E-state index is 0.0299.